The normalized spacial score (nSPS) is 25.7. The summed E-state index contributed by atoms with van der Waals surface area (Å²) >= 11 is 0. The zero-order valence-electron chi connectivity index (χ0n) is 16.6. The SMILES string of the molecule is COc1cc([C@@H]2c3cc4c(cc3O[C@@]3(O)COC(=O)[C@H]23)OCO4)cc(OC)c1OC. The summed E-state index contributed by atoms with van der Waals surface area (Å²) in [7, 11) is 4.53. The summed E-state index contributed by atoms with van der Waals surface area (Å²) in [5.41, 5.74) is 1.32. The van der Waals surface area contributed by atoms with Crippen molar-refractivity contribution < 1.29 is 43.1 Å². The number of carbonyl (C=O) groups is 1. The maximum Gasteiger partial charge on any atom is 0.317 e. The number of carbonyl (C=O) groups excluding carboxylic acids is 1. The standard InChI is InChI=1S/C21H20O9/c1-24-15-4-10(5-16(25-2)19(15)26-3)17-11-6-13-14(29-9-28-13)7-12(11)30-21(23)8-27-20(22)18(17)21/h4-7,17-18,23H,8-9H2,1-3H3/t17-,18+,21+/m1/s1. The van der Waals surface area contributed by atoms with Crippen LogP contribution in [0.4, 0.5) is 0 Å². The third kappa shape index (κ3) is 2.55. The average Bonchev–Trinajstić information content (AvgIpc) is 3.32. The number of benzene rings is 2. The van der Waals surface area contributed by atoms with Crippen LogP contribution in [-0.4, -0.2) is 51.6 Å². The molecule has 9 heteroatoms. The number of ether oxygens (including phenoxy) is 7. The van der Waals surface area contributed by atoms with Crippen LogP contribution in [0.1, 0.15) is 17.0 Å². The molecule has 0 aliphatic carbocycles. The Labute approximate surface area is 172 Å². The van der Waals surface area contributed by atoms with E-state index in [0.29, 0.717) is 45.6 Å². The molecular weight excluding hydrogens is 396 g/mol. The third-order valence-corrected chi connectivity index (χ3v) is 5.67. The third-order valence-electron chi connectivity index (χ3n) is 5.67. The maximum absolute atomic E-state index is 12.7. The van der Waals surface area contributed by atoms with E-state index >= 15 is 0 Å². The largest absolute Gasteiger partial charge is 0.493 e. The predicted octanol–water partition coefficient (Wildman–Crippen LogP) is 1.83. The molecule has 3 aliphatic heterocycles. The van der Waals surface area contributed by atoms with Crippen LogP contribution in [0.15, 0.2) is 24.3 Å². The van der Waals surface area contributed by atoms with Crippen LogP contribution in [0.25, 0.3) is 0 Å². The van der Waals surface area contributed by atoms with Gasteiger partial charge in [-0.3, -0.25) is 4.79 Å². The molecule has 1 fully saturated rings. The minimum Gasteiger partial charge on any atom is -0.493 e. The van der Waals surface area contributed by atoms with E-state index in [1.54, 1.807) is 24.3 Å². The van der Waals surface area contributed by atoms with Crippen LogP contribution in [-0.2, 0) is 9.53 Å². The average molecular weight is 416 g/mol. The fraction of sp³-hybridized carbons (Fsp3) is 0.381. The number of rotatable bonds is 4. The fourth-order valence-electron chi connectivity index (χ4n) is 4.32. The molecule has 5 rings (SSSR count). The second-order valence-electron chi connectivity index (χ2n) is 7.21. The Morgan fingerprint density at radius 2 is 1.60 bits per heavy atom. The summed E-state index contributed by atoms with van der Waals surface area (Å²) < 4.78 is 38.3. The molecule has 0 saturated carbocycles. The molecule has 3 aliphatic rings. The Bertz CT molecular complexity index is 1010. The molecule has 2 aromatic rings. The molecule has 2 aromatic carbocycles. The van der Waals surface area contributed by atoms with Gasteiger partial charge in [0, 0.05) is 17.5 Å². The topological polar surface area (TPSA) is 102 Å². The fourth-order valence-corrected chi connectivity index (χ4v) is 4.32. The van der Waals surface area contributed by atoms with E-state index in [4.69, 9.17) is 33.2 Å². The van der Waals surface area contributed by atoms with E-state index < -0.39 is 23.6 Å². The highest BCUT2D eigenvalue weighted by Gasteiger charge is 2.59. The maximum atomic E-state index is 12.7. The van der Waals surface area contributed by atoms with Crippen molar-refractivity contribution in [1.29, 1.82) is 0 Å². The monoisotopic (exact) mass is 416 g/mol. The summed E-state index contributed by atoms with van der Waals surface area (Å²) in [6.45, 7) is -0.186. The van der Waals surface area contributed by atoms with Crippen LogP contribution in [0, 0.1) is 5.92 Å². The molecule has 1 N–H and O–H groups in total. The Balaban J connectivity index is 1.75. The molecule has 30 heavy (non-hydrogen) atoms. The molecule has 0 unspecified atom stereocenters. The first-order chi connectivity index (χ1) is 14.5. The zero-order chi connectivity index (χ0) is 21.0. The van der Waals surface area contributed by atoms with Gasteiger partial charge >= 0.3 is 5.97 Å². The van der Waals surface area contributed by atoms with Crippen molar-refractivity contribution in [3.63, 3.8) is 0 Å². The van der Waals surface area contributed by atoms with E-state index in [9.17, 15) is 9.90 Å². The quantitative estimate of drug-likeness (QED) is 0.748. The first kappa shape index (κ1) is 18.7. The number of esters is 1. The smallest absolute Gasteiger partial charge is 0.317 e. The Morgan fingerprint density at radius 1 is 0.933 bits per heavy atom. The predicted molar refractivity (Wildman–Crippen MR) is 101 cm³/mol. The van der Waals surface area contributed by atoms with E-state index in [-0.39, 0.29) is 13.4 Å². The Hall–Kier alpha value is -3.33. The number of hydrogen-bond donors (Lipinski definition) is 1. The zero-order valence-corrected chi connectivity index (χ0v) is 16.6. The molecule has 0 spiro atoms. The lowest BCUT2D eigenvalue weighted by atomic mass is 9.75. The summed E-state index contributed by atoms with van der Waals surface area (Å²) in [6, 6.07) is 6.91. The summed E-state index contributed by atoms with van der Waals surface area (Å²) in [5, 5.41) is 11.1. The first-order valence-corrected chi connectivity index (χ1v) is 9.30. The molecule has 158 valence electrons. The van der Waals surface area contributed by atoms with Crippen LogP contribution < -0.4 is 28.4 Å². The van der Waals surface area contributed by atoms with E-state index in [2.05, 4.69) is 0 Å². The van der Waals surface area contributed by atoms with Crippen molar-refractivity contribution in [2.24, 2.45) is 5.92 Å². The second-order valence-corrected chi connectivity index (χ2v) is 7.21. The molecule has 0 radical (unpaired) electrons. The highest BCUT2D eigenvalue weighted by atomic mass is 16.7. The van der Waals surface area contributed by atoms with Gasteiger partial charge in [0.25, 0.3) is 5.79 Å². The van der Waals surface area contributed by atoms with Gasteiger partial charge in [0.15, 0.2) is 29.6 Å². The van der Waals surface area contributed by atoms with Gasteiger partial charge in [-0.05, 0) is 23.8 Å². The lowest BCUT2D eigenvalue weighted by molar-refractivity contribution is -0.173. The molecule has 3 atom stereocenters. The highest BCUT2D eigenvalue weighted by molar-refractivity contribution is 5.80. The van der Waals surface area contributed by atoms with Crippen molar-refractivity contribution in [1.82, 2.24) is 0 Å². The Morgan fingerprint density at radius 3 is 2.23 bits per heavy atom. The van der Waals surface area contributed by atoms with Gasteiger partial charge in [0.2, 0.25) is 12.5 Å². The number of methoxy groups -OCH3 is 3. The van der Waals surface area contributed by atoms with Crippen LogP contribution in [0.3, 0.4) is 0 Å². The first-order valence-electron chi connectivity index (χ1n) is 9.30. The van der Waals surface area contributed by atoms with Crippen molar-refractivity contribution in [3.05, 3.63) is 35.4 Å². The molecule has 3 heterocycles. The summed E-state index contributed by atoms with van der Waals surface area (Å²) in [5.74, 6) is -1.28. The van der Waals surface area contributed by atoms with Gasteiger partial charge < -0.3 is 38.3 Å². The minimum atomic E-state index is -1.82. The van der Waals surface area contributed by atoms with Crippen LogP contribution in [0.2, 0.25) is 0 Å². The molecule has 0 amide bonds. The van der Waals surface area contributed by atoms with Crippen molar-refractivity contribution in [3.8, 4) is 34.5 Å². The molecule has 1 saturated heterocycles. The Kier molecular flexibility index (Phi) is 4.11. The van der Waals surface area contributed by atoms with Gasteiger partial charge in [0.1, 0.15) is 11.7 Å². The highest BCUT2D eigenvalue weighted by Crippen LogP contribution is 2.55. The van der Waals surface area contributed by atoms with Gasteiger partial charge in [-0.1, -0.05) is 0 Å². The van der Waals surface area contributed by atoms with Crippen molar-refractivity contribution >= 4 is 5.97 Å². The van der Waals surface area contributed by atoms with Crippen molar-refractivity contribution in [2.45, 2.75) is 11.7 Å². The lowest BCUT2D eigenvalue weighted by Crippen LogP contribution is -2.50. The number of cyclic esters (lactones) is 1. The molecular formula is C21H20O9. The van der Waals surface area contributed by atoms with E-state index in [0.717, 1.165) is 0 Å². The van der Waals surface area contributed by atoms with Crippen LogP contribution >= 0.6 is 0 Å². The van der Waals surface area contributed by atoms with Crippen molar-refractivity contribution in [2.75, 3.05) is 34.7 Å². The van der Waals surface area contributed by atoms with Gasteiger partial charge in [-0.15, -0.1) is 0 Å². The van der Waals surface area contributed by atoms with Gasteiger partial charge in [0.05, 0.1) is 21.3 Å². The molecule has 0 bridgehead atoms. The summed E-state index contributed by atoms with van der Waals surface area (Å²) in [6.07, 6.45) is 0. The number of fused-ring (bicyclic) bond motifs is 3. The second kappa shape index (κ2) is 6.60. The molecule has 9 nitrogen and oxygen atoms in total. The van der Waals surface area contributed by atoms with E-state index in [1.165, 1.54) is 21.3 Å². The molecule has 0 aromatic heterocycles. The lowest BCUT2D eigenvalue weighted by Gasteiger charge is -2.38. The number of hydrogen-bond acceptors (Lipinski definition) is 9. The van der Waals surface area contributed by atoms with Gasteiger partial charge in [-0.25, -0.2) is 0 Å². The van der Waals surface area contributed by atoms with Gasteiger partial charge in [-0.2, -0.15) is 0 Å². The minimum absolute atomic E-state index is 0.0861. The van der Waals surface area contributed by atoms with Crippen LogP contribution in [0.5, 0.6) is 34.5 Å². The van der Waals surface area contributed by atoms with E-state index in [1.807, 2.05) is 0 Å². The summed E-state index contributed by atoms with van der Waals surface area (Å²) in [4.78, 5) is 12.7. The number of aliphatic hydroxyl groups is 1.